The van der Waals surface area contributed by atoms with E-state index in [4.69, 9.17) is 4.74 Å². The summed E-state index contributed by atoms with van der Waals surface area (Å²) >= 11 is 1.44. The Balaban J connectivity index is 2.04. The van der Waals surface area contributed by atoms with E-state index >= 15 is 0 Å². The zero-order chi connectivity index (χ0) is 16.2. The monoisotopic (exact) mass is 317 g/mol. The Morgan fingerprint density at radius 1 is 1.14 bits per heavy atom. The lowest BCUT2D eigenvalue weighted by atomic mass is 10.0. The molecule has 1 heterocycles. The van der Waals surface area contributed by atoms with Crippen LogP contribution in [0.4, 0.5) is 10.5 Å². The van der Waals surface area contributed by atoms with Gasteiger partial charge in [0.05, 0.1) is 5.69 Å². The molecule has 0 spiro atoms. The second-order valence-corrected chi connectivity index (χ2v) is 6.65. The number of thiophene rings is 1. The van der Waals surface area contributed by atoms with Crippen LogP contribution in [0.25, 0.3) is 0 Å². The Kier molecular flexibility index (Phi) is 4.98. The topological polar surface area (TPSA) is 55.4 Å². The largest absolute Gasteiger partial charge is 0.444 e. The first-order valence-corrected chi connectivity index (χ1v) is 7.93. The van der Waals surface area contributed by atoms with Crippen LogP contribution in [0.5, 0.6) is 0 Å². The van der Waals surface area contributed by atoms with Gasteiger partial charge in [-0.05, 0) is 31.7 Å². The summed E-state index contributed by atoms with van der Waals surface area (Å²) in [4.78, 5) is 24.1. The number of nitrogens with one attached hydrogen (secondary N) is 1. The summed E-state index contributed by atoms with van der Waals surface area (Å²) in [6, 6.07) is 9.11. The highest BCUT2D eigenvalue weighted by atomic mass is 32.1. The first kappa shape index (κ1) is 16.2. The lowest BCUT2D eigenvalue weighted by Gasteiger charge is -2.19. The Morgan fingerprint density at radius 2 is 1.82 bits per heavy atom. The molecule has 0 fully saturated rings. The van der Waals surface area contributed by atoms with E-state index in [9.17, 15) is 9.59 Å². The second kappa shape index (κ2) is 6.75. The summed E-state index contributed by atoms with van der Waals surface area (Å²) < 4.78 is 5.23. The molecule has 2 aromatic rings. The maximum absolute atomic E-state index is 12.2. The van der Waals surface area contributed by atoms with Crippen LogP contribution in [-0.2, 0) is 11.2 Å². The van der Waals surface area contributed by atoms with Crippen molar-refractivity contribution in [3.63, 3.8) is 0 Å². The Labute approximate surface area is 134 Å². The van der Waals surface area contributed by atoms with Crippen molar-refractivity contribution in [2.75, 3.05) is 5.32 Å². The first-order chi connectivity index (χ1) is 10.3. The van der Waals surface area contributed by atoms with Gasteiger partial charge >= 0.3 is 6.09 Å². The summed E-state index contributed by atoms with van der Waals surface area (Å²) in [5, 5.41) is 6.37. The van der Waals surface area contributed by atoms with Gasteiger partial charge in [0.2, 0.25) is 0 Å². The number of benzene rings is 1. The second-order valence-electron chi connectivity index (χ2n) is 5.90. The van der Waals surface area contributed by atoms with Crippen LogP contribution in [-0.4, -0.2) is 17.5 Å². The van der Waals surface area contributed by atoms with E-state index in [-0.39, 0.29) is 12.2 Å². The Hall–Kier alpha value is -2.14. The zero-order valence-corrected chi connectivity index (χ0v) is 13.7. The quantitative estimate of drug-likeness (QED) is 0.843. The molecule has 0 atom stereocenters. The molecule has 0 bridgehead atoms. The number of anilines is 1. The average molecular weight is 317 g/mol. The first-order valence-electron chi connectivity index (χ1n) is 6.98. The standard InChI is InChI=1S/C17H19NO3S/c1-17(2,3)21-16(20)18-14-11-22-10-13(14)9-15(19)12-7-5-4-6-8-12/h4-8,10-11H,9H2,1-3H3,(H,18,20). The SMILES string of the molecule is CC(C)(C)OC(=O)Nc1cscc1CC(=O)c1ccccc1. The molecule has 22 heavy (non-hydrogen) atoms. The summed E-state index contributed by atoms with van der Waals surface area (Å²) in [6.45, 7) is 5.42. The van der Waals surface area contributed by atoms with Crippen LogP contribution in [0.3, 0.4) is 0 Å². The number of rotatable bonds is 4. The summed E-state index contributed by atoms with van der Waals surface area (Å²) in [6.07, 6.45) is -0.266. The molecule has 0 aliphatic heterocycles. The van der Waals surface area contributed by atoms with Crippen LogP contribution in [0.1, 0.15) is 36.7 Å². The van der Waals surface area contributed by atoms with Gasteiger partial charge < -0.3 is 4.74 Å². The van der Waals surface area contributed by atoms with Crippen molar-refractivity contribution in [3.05, 3.63) is 52.2 Å². The fraction of sp³-hybridized carbons (Fsp3) is 0.294. The third kappa shape index (κ3) is 4.70. The average Bonchev–Trinajstić information content (AvgIpc) is 2.84. The number of Topliss-reactive ketones (excluding diaryl/α,β-unsaturated/α-hetero) is 1. The zero-order valence-electron chi connectivity index (χ0n) is 12.9. The van der Waals surface area contributed by atoms with Gasteiger partial charge in [-0.1, -0.05) is 30.3 Å². The molecule has 5 heteroatoms. The highest BCUT2D eigenvalue weighted by Crippen LogP contribution is 2.23. The number of hydrogen-bond acceptors (Lipinski definition) is 4. The van der Waals surface area contributed by atoms with E-state index in [0.29, 0.717) is 11.3 Å². The molecule has 0 saturated heterocycles. The van der Waals surface area contributed by atoms with Crippen molar-refractivity contribution in [2.45, 2.75) is 32.8 Å². The molecule has 4 nitrogen and oxygen atoms in total. The molecule has 116 valence electrons. The molecule has 0 aliphatic rings. The molecule has 0 radical (unpaired) electrons. The lowest BCUT2D eigenvalue weighted by molar-refractivity contribution is 0.0635. The number of carbonyl (C=O) groups is 2. The fourth-order valence-electron chi connectivity index (χ4n) is 1.88. The van der Waals surface area contributed by atoms with E-state index < -0.39 is 11.7 Å². The van der Waals surface area contributed by atoms with Gasteiger partial charge in [0.25, 0.3) is 0 Å². The Morgan fingerprint density at radius 3 is 2.45 bits per heavy atom. The van der Waals surface area contributed by atoms with E-state index in [1.54, 1.807) is 38.3 Å². The Bertz CT molecular complexity index is 656. The normalized spacial score (nSPS) is 11.0. The van der Waals surface area contributed by atoms with E-state index in [2.05, 4.69) is 5.32 Å². The summed E-state index contributed by atoms with van der Waals surface area (Å²) in [5.41, 5.74) is 1.53. The smallest absolute Gasteiger partial charge is 0.412 e. The highest BCUT2D eigenvalue weighted by molar-refractivity contribution is 7.08. The number of carbonyl (C=O) groups excluding carboxylic acids is 2. The highest BCUT2D eigenvalue weighted by Gasteiger charge is 2.18. The minimum Gasteiger partial charge on any atom is -0.444 e. The van der Waals surface area contributed by atoms with Gasteiger partial charge in [-0.3, -0.25) is 10.1 Å². The van der Waals surface area contributed by atoms with Gasteiger partial charge in [0.1, 0.15) is 5.60 Å². The molecule has 1 aromatic carbocycles. The van der Waals surface area contributed by atoms with Crippen molar-refractivity contribution < 1.29 is 14.3 Å². The van der Waals surface area contributed by atoms with E-state index in [1.807, 2.05) is 23.6 Å². The van der Waals surface area contributed by atoms with Crippen LogP contribution >= 0.6 is 11.3 Å². The predicted octanol–water partition coefficient (Wildman–Crippen LogP) is 4.52. The molecule has 0 aliphatic carbocycles. The number of ketones is 1. The van der Waals surface area contributed by atoms with Crippen LogP contribution in [0.2, 0.25) is 0 Å². The van der Waals surface area contributed by atoms with Crippen molar-refractivity contribution in [3.8, 4) is 0 Å². The predicted molar refractivity (Wildman–Crippen MR) is 88.7 cm³/mol. The van der Waals surface area contributed by atoms with Crippen LogP contribution in [0, 0.1) is 0 Å². The van der Waals surface area contributed by atoms with Crippen molar-refractivity contribution in [1.82, 2.24) is 0 Å². The van der Waals surface area contributed by atoms with Gasteiger partial charge in [-0.25, -0.2) is 4.79 Å². The van der Waals surface area contributed by atoms with Crippen LogP contribution in [0.15, 0.2) is 41.1 Å². The maximum atomic E-state index is 12.2. The molecular formula is C17H19NO3S. The lowest BCUT2D eigenvalue weighted by Crippen LogP contribution is -2.27. The molecule has 1 N–H and O–H groups in total. The molecule has 0 unspecified atom stereocenters. The molecule has 2 rings (SSSR count). The minimum absolute atomic E-state index is 0.0197. The molecular weight excluding hydrogens is 298 g/mol. The van der Waals surface area contributed by atoms with Crippen molar-refractivity contribution in [2.24, 2.45) is 0 Å². The minimum atomic E-state index is -0.555. The number of ether oxygens (including phenoxy) is 1. The number of amides is 1. The third-order valence-corrected chi connectivity index (χ3v) is 3.62. The van der Waals surface area contributed by atoms with Gasteiger partial charge in [-0.15, -0.1) is 11.3 Å². The van der Waals surface area contributed by atoms with E-state index in [0.717, 1.165) is 5.56 Å². The fourth-order valence-corrected chi connectivity index (χ4v) is 2.67. The maximum Gasteiger partial charge on any atom is 0.412 e. The van der Waals surface area contributed by atoms with Crippen molar-refractivity contribution >= 4 is 28.9 Å². The van der Waals surface area contributed by atoms with Gasteiger partial charge in [0, 0.05) is 17.4 Å². The molecule has 1 amide bonds. The molecule has 0 saturated carbocycles. The van der Waals surface area contributed by atoms with E-state index in [1.165, 1.54) is 11.3 Å². The summed E-state index contributed by atoms with van der Waals surface area (Å²) in [7, 11) is 0. The van der Waals surface area contributed by atoms with Gasteiger partial charge in [0.15, 0.2) is 5.78 Å². The number of hydrogen-bond donors (Lipinski definition) is 1. The third-order valence-electron chi connectivity index (χ3n) is 2.82. The van der Waals surface area contributed by atoms with Crippen molar-refractivity contribution in [1.29, 1.82) is 0 Å². The van der Waals surface area contributed by atoms with Crippen LogP contribution < -0.4 is 5.32 Å². The summed E-state index contributed by atoms with van der Waals surface area (Å²) in [5.74, 6) is 0.0197. The molecule has 1 aromatic heterocycles. The van der Waals surface area contributed by atoms with Gasteiger partial charge in [-0.2, -0.15) is 0 Å².